The van der Waals surface area contributed by atoms with Crippen LogP contribution in [-0.4, -0.2) is 11.2 Å². The molecular weight excluding hydrogens is 160 g/mol. The third-order valence-electron chi connectivity index (χ3n) is 1.43. The van der Waals surface area contributed by atoms with Crippen molar-refractivity contribution in [2.45, 2.75) is 27.2 Å². The van der Waals surface area contributed by atoms with Crippen molar-refractivity contribution >= 4 is 6.21 Å². The molecule has 13 heavy (non-hydrogen) atoms. The van der Waals surface area contributed by atoms with Crippen molar-refractivity contribution in [1.82, 2.24) is 5.01 Å². The van der Waals surface area contributed by atoms with E-state index < -0.39 is 0 Å². The summed E-state index contributed by atoms with van der Waals surface area (Å²) in [5.74, 6) is 0. The van der Waals surface area contributed by atoms with Gasteiger partial charge in [0.15, 0.2) is 0 Å². The number of hydrogen-bond acceptors (Lipinski definition) is 2. The third-order valence-corrected chi connectivity index (χ3v) is 1.43. The Labute approximate surface area is 80.9 Å². The summed E-state index contributed by atoms with van der Waals surface area (Å²) in [5, 5.41) is 5.90. The molecule has 0 saturated heterocycles. The van der Waals surface area contributed by atoms with Gasteiger partial charge in [0, 0.05) is 12.4 Å². The minimum Gasteiger partial charge on any atom is -0.242 e. The second-order valence-corrected chi connectivity index (χ2v) is 2.44. The molecule has 0 unspecified atom stereocenters. The van der Waals surface area contributed by atoms with E-state index in [2.05, 4.69) is 24.7 Å². The molecule has 0 heterocycles. The Kier molecular flexibility index (Phi) is 6.60. The zero-order valence-corrected chi connectivity index (χ0v) is 8.70. The largest absolute Gasteiger partial charge is 0.242 e. The highest BCUT2D eigenvalue weighted by atomic mass is 15.4. The molecule has 0 aromatic rings. The molecule has 0 aromatic carbocycles. The Hall–Kier alpha value is -1.31. The van der Waals surface area contributed by atoms with Crippen LogP contribution in [0.4, 0.5) is 0 Å². The number of hydrogen-bond donors (Lipinski definition) is 0. The summed E-state index contributed by atoms with van der Waals surface area (Å²) < 4.78 is 0. The predicted octanol–water partition coefficient (Wildman–Crippen LogP) is 3.31. The van der Waals surface area contributed by atoms with Crippen molar-refractivity contribution in [3.05, 3.63) is 36.7 Å². The first-order valence-corrected chi connectivity index (χ1v) is 4.53. The Bertz CT molecular complexity index is 224. The van der Waals surface area contributed by atoms with Crippen LogP contribution in [0.2, 0.25) is 0 Å². The van der Waals surface area contributed by atoms with Gasteiger partial charge in [-0.2, -0.15) is 5.10 Å². The molecule has 0 aliphatic carbocycles. The lowest BCUT2D eigenvalue weighted by Crippen LogP contribution is -2.06. The molecule has 0 aliphatic rings. The molecule has 0 N–H and O–H groups in total. The van der Waals surface area contributed by atoms with Crippen LogP contribution in [0, 0.1) is 0 Å². The molecule has 0 atom stereocenters. The summed E-state index contributed by atoms with van der Waals surface area (Å²) >= 11 is 0. The lowest BCUT2D eigenvalue weighted by atomic mass is 10.3. The van der Waals surface area contributed by atoms with E-state index in [1.54, 1.807) is 17.4 Å². The summed E-state index contributed by atoms with van der Waals surface area (Å²) in [6.07, 6.45) is 10.5. The van der Waals surface area contributed by atoms with Crippen molar-refractivity contribution < 1.29 is 0 Å². The number of allylic oxidation sites excluding steroid dienone is 3. The molecule has 0 amide bonds. The minimum absolute atomic E-state index is 0.989. The quantitative estimate of drug-likeness (QED) is 0.358. The van der Waals surface area contributed by atoms with Gasteiger partial charge in [-0.15, -0.1) is 0 Å². The van der Waals surface area contributed by atoms with E-state index in [1.165, 1.54) is 0 Å². The minimum atomic E-state index is 0.989. The predicted molar refractivity (Wildman–Crippen MR) is 59.4 cm³/mol. The van der Waals surface area contributed by atoms with E-state index in [9.17, 15) is 0 Å². The van der Waals surface area contributed by atoms with Gasteiger partial charge in [-0.3, -0.25) is 0 Å². The van der Waals surface area contributed by atoms with Gasteiger partial charge in [-0.05, 0) is 26.3 Å². The van der Waals surface area contributed by atoms with E-state index in [-0.39, 0.29) is 0 Å². The van der Waals surface area contributed by atoms with E-state index in [0.717, 1.165) is 12.1 Å². The summed E-state index contributed by atoms with van der Waals surface area (Å²) in [7, 11) is 0. The summed E-state index contributed by atoms with van der Waals surface area (Å²) in [5.41, 5.74) is 1.05. The van der Waals surface area contributed by atoms with Gasteiger partial charge in [0.2, 0.25) is 0 Å². The van der Waals surface area contributed by atoms with Crippen molar-refractivity contribution in [3.63, 3.8) is 0 Å². The molecule has 72 valence electrons. The smallest absolute Gasteiger partial charge is 0.0601 e. The maximum atomic E-state index is 4.15. The first kappa shape index (κ1) is 11.7. The van der Waals surface area contributed by atoms with Crippen molar-refractivity contribution in [3.8, 4) is 0 Å². The average molecular weight is 178 g/mol. The zero-order valence-electron chi connectivity index (χ0n) is 8.70. The van der Waals surface area contributed by atoms with Gasteiger partial charge >= 0.3 is 0 Å². The molecular formula is C11H18N2. The van der Waals surface area contributed by atoms with Crippen LogP contribution in [0.25, 0.3) is 0 Å². The fourth-order valence-electron chi connectivity index (χ4n) is 0.961. The van der Waals surface area contributed by atoms with Gasteiger partial charge < -0.3 is 0 Å². The van der Waals surface area contributed by atoms with Crippen LogP contribution < -0.4 is 0 Å². The average Bonchev–Trinajstić information content (AvgIpc) is 2.14. The van der Waals surface area contributed by atoms with Gasteiger partial charge in [0.1, 0.15) is 0 Å². The molecule has 0 aliphatic heterocycles. The molecule has 0 fully saturated rings. The lowest BCUT2D eigenvalue weighted by molar-refractivity contribution is 0.515. The number of rotatable bonds is 5. The number of nitrogens with zero attached hydrogens (tertiary/aromatic N) is 2. The van der Waals surface area contributed by atoms with Crippen LogP contribution in [0.5, 0.6) is 0 Å². The van der Waals surface area contributed by atoms with E-state index in [4.69, 9.17) is 0 Å². The molecule has 0 saturated carbocycles. The molecule has 2 heteroatoms. The third kappa shape index (κ3) is 4.31. The van der Waals surface area contributed by atoms with Crippen LogP contribution in [0.3, 0.4) is 0 Å². The lowest BCUT2D eigenvalue weighted by Gasteiger charge is -2.14. The van der Waals surface area contributed by atoms with E-state index in [0.29, 0.717) is 0 Å². The monoisotopic (exact) mass is 178 g/mol. The molecule has 2 nitrogen and oxygen atoms in total. The molecule has 0 rings (SSSR count). The second kappa shape index (κ2) is 7.35. The summed E-state index contributed by atoms with van der Waals surface area (Å²) in [6.45, 7) is 9.67. The second-order valence-electron chi connectivity index (χ2n) is 2.44. The highest BCUT2D eigenvalue weighted by Crippen LogP contribution is 2.08. The number of hydrazone groups is 1. The molecule has 0 bridgehead atoms. The SMILES string of the molecule is C=CN(/N=C\C)C(/C=C\C)=C\CC. The Balaban J connectivity index is 4.68. The van der Waals surface area contributed by atoms with Crippen LogP contribution in [0.1, 0.15) is 27.2 Å². The fraction of sp³-hybridized carbons (Fsp3) is 0.364. The fourth-order valence-corrected chi connectivity index (χ4v) is 0.961. The Morgan fingerprint density at radius 2 is 2.15 bits per heavy atom. The van der Waals surface area contributed by atoms with Gasteiger partial charge in [-0.1, -0.05) is 25.7 Å². The van der Waals surface area contributed by atoms with E-state index in [1.807, 2.05) is 26.0 Å². The molecule has 0 spiro atoms. The van der Waals surface area contributed by atoms with Gasteiger partial charge in [-0.25, -0.2) is 5.01 Å². The first-order chi connectivity index (χ1) is 6.29. The van der Waals surface area contributed by atoms with Crippen molar-refractivity contribution in [2.75, 3.05) is 0 Å². The van der Waals surface area contributed by atoms with Crippen LogP contribution in [0.15, 0.2) is 41.8 Å². The first-order valence-electron chi connectivity index (χ1n) is 4.53. The van der Waals surface area contributed by atoms with Crippen molar-refractivity contribution in [1.29, 1.82) is 0 Å². The van der Waals surface area contributed by atoms with Gasteiger partial charge in [0.05, 0.1) is 5.70 Å². The molecule has 0 aromatic heterocycles. The van der Waals surface area contributed by atoms with Crippen LogP contribution in [-0.2, 0) is 0 Å². The highest BCUT2D eigenvalue weighted by Gasteiger charge is 1.97. The van der Waals surface area contributed by atoms with Crippen molar-refractivity contribution in [2.24, 2.45) is 5.10 Å². The highest BCUT2D eigenvalue weighted by molar-refractivity contribution is 5.53. The van der Waals surface area contributed by atoms with Gasteiger partial charge in [0.25, 0.3) is 0 Å². The van der Waals surface area contributed by atoms with E-state index >= 15 is 0 Å². The normalized spacial score (nSPS) is 12.7. The standard InChI is InChI=1S/C11H18N2/c1-5-9-11(10-6-2)13(8-4)12-7-3/h5,7-10H,4,6H2,1-3H3/b9-5-,11-10-,12-7-. The molecule has 0 radical (unpaired) electrons. The zero-order chi connectivity index (χ0) is 10.1. The topological polar surface area (TPSA) is 15.6 Å². The Morgan fingerprint density at radius 1 is 1.46 bits per heavy atom. The maximum absolute atomic E-state index is 4.15. The Morgan fingerprint density at radius 3 is 2.54 bits per heavy atom. The van der Waals surface area contributed by atoms with Crippen LogP contribution >= 0.6 is 0 Å². The summed E-state index contributed by atoms with van der Waals surface area (Å²) in [6, 6.07) is 0. The summed E-state index contributed by atoms with van der Waals surface area (Å²) in [4.78, 5) is 0. The maximum Gasteiger partial charge on any atom is 0.0601 e.